The normalized spacial score (nSPS) is 17.4. The Morgan fingerprint density at radius 2 is 2.75 bits per heavy atom. The van der Waals surface area contributed by atoms with Gasteiger partial charge in [0.2, 0.25) is 0 Å². The van der Waals surface area contributed by atoms with E-state index in [0.717, 1.165) is 13.0 Å². The van der Waals surface area contributed by atoms with Crippen LogP contribution in [0.4, 0.5) is 0 Å². The molecule has 8 heavy (non-hydrogen) atoms. The molecule has 0 saturated carbocycles. The van der Waals surface area contributed by atoms with Gasteiger partial charge in [-0.3, -0.25) is 0 Å². The van der Waals surface area contributed by atoms with Crippen LogP contribution in [0.25, 0.3) is 0 Å². The van der Waals surface area contributed by atoms with Gasteiger partial charge >= 0.3 is 0 Å². The van der Waals surface area contributed by atoms with Gasteiger partial charge in [0, 0.05) is 6.42 Å². The van der Waals surface area contributed by atoms with Gasteiger partial charge in [-0.15, -0.1) is 0 Å². The number of ether oxygens (including phenoxy) is 2. The highest BCUT2D eigenvalue weighted by molar-refractivity contribution is 4.88. The van der Waals surface area contributed by atoms with Crippen LogP contribution in [-0.4, -0.2) is 13.2 Å². The first-order valence-corrected chi connectivity index (χ1v) is 2.89. The first-order chi connectivity index (χ1) is 3.93. The fourth-order valence-corrected chi connectivity index (χ4v) is 0.638. The Kier molecular flexibility index (Phi) is 1.78. The molecule has 0 aromatic carbocycles. The summed E-state index contributed by atoms with van der Waals surface area (Å²) in [6.07, 6.45) is 2.96. The zero-order chi connectivity index (χ0) is 5.82. The molecular formula is C6H10O2. The lowest BCUT2D eigenvalue weighted by atomic mass is 10.5. The van der Waals surface area contributed by atoms with Crippen molar-refractivity contribution in [3.05, 3.63) is 12.0 Å². The SMILES string of the molecule is CCOC1=CCCO1. The molecule has 1 heterocycles. The van der Waals surface area contributed by atoms with E-state index in [1.54, 1.807) is 0 Å². The standard InChI is InChI=1S/C6H10O2/c1-2-7-6-4-3-5-8-6/h4H,2-3,5H2,1H3. The van der Waals surface area contributed by atoms with Crippen molar-refractivity contribution in [2.75, 3.05) is 13.2 Å². The van der Waals surface area contributed by atoms with Crippen molar-refractivity contribution in [1.29, 1.82) is 0 Å². The van der Waals surface area contributed by atoms with Crippen LogP contribution in [-0.2, 0) is 9.47 Å². The maximum absolute atomic E-state index is 5.04. The largest absolute Gasteiger partial charge is 0.466 e. The topological polar surface area (TPSA) is 18.5 Å². The van der Waals surface area contributed by atoms with E-state index in [9.17, 15) is 0 Å². The molecule has 2 nitrogen and oxygen atoms in total. The summed E-state index contributed by atoms with van der Waals surface area (Å²) >= 11 is 0. The summed E-state index contributed by atoms with van der Waals surface area (Å²) in [5.41, 5.74) is 0. The number of hydrogen-bond donors (Lipinski definition) is 0. The molecule has 0 unspecified atom stereocenters. The van der Waals surface area contributed by atoms with Crippen molar-refractivity contribution < 1.29 is 9.47 Å². The zero-order valence-electron chi connectivity index (χ0n) is 5.02. The predicted octanol–water partition coefficient (Wildman–Crippen LogP) is 1.28. The third kappa shape index (κ3) is 1.15. The van der Waals surface area contributed by atoms with Gasteiger partial charge in [0.05, 0.1) is 13.2 Å². The third-order valence-corrected chi connectivity index (χ3v) is 0.960. The maximum atomic E-state index is 5.04. The van der Waals surface area contributed by atoms with Gasteiger partial charge in [0.15, 0.2) is 0 Å². The van der Waals surface area contributed by atoms with Crippen molar-refractivity contribution in [1.82, 2.24) is 0 Å². The highest BCUT2D eigenvalue weighted by atomic mass is 16.7. The van der Waals surface area contributed by atoms with Crippen LogP contribution in [0.15, 0.2) is 12.0 Å². The summed E-state index contributed by atoms with van der Waals surface area (Å²) in [6.45, 7) is 3.43. The molecule has 0 spiro atoms. The number of rotatable bonds is 2. The molecule has 1 rings (SSSR count). The summed E-state index contributed by atoms with van der Waals surface area (Å²) in [7, 11) is 0. The summed E-state index contributed by atoms with van der Waals surface area (Å²) in [4.78, 5) is 0. The van der Waals surface area contributed by atoms with Crippen LogP contribution in [0.3, 0.4) is 0 Å². The van der Waals surface area contributed by atoms with E-state index in [1.807, 2.05) is 13.0 Å². The molecule has 0 aromatic heterocycles. The molecule has 1 aliphatic rings. The van der Waals surface area contributed by atoms with E-state index in [4.69, 9.17) is 9.47 Å². The average molecular weight is 114 g/mol. The van der Waals surface area contributed by atoms with Gasteiger partial charge in [-0.05, 0) is 13.0 Å². The maximum Gasteiger partial charge on any atom is 0.274 e. The Morgan fingerprint density at radius 3 is 3.25 bits per heavy atom. The Labute approximate surface area is 49.1 Å². The smallest absolute Gasteiger partial charge is 0.274 e. The van der Waals surface area contributed by atoms with Crippen molar-refractivity contribution >= 4 is 0 Å². The minimum atomic E-state index is 0.700. The summed E-state index contributed by atoms with van der Waals surface area (Å²) in [5, 5.41) is 0. The molecule has 0 bridgehead atoms. The van der Waals surface area contributed by atoms with Crippen LogP contribution in [0, 0.1) is 0 Å². The van der Waals surface area contributed by atoms with Crippen LogP contribution >= 0.6 is 0 Å². The molecule has 0 aromatic rings. The summed E-state index contributed by atoms with van der Waals surface area (Å²) in [5.74, 6) is 0.701. The monoisotopic (exact) mass is 114 g/mol. The first kappa shape index (κ1) is 5.48. The summed E-state index contributed by atoms with van der Waals surface area (Å²) in [6, 6.07) is 0. The van der Waals surface area contributed by atoms with Gasteiger partial charge in [0.25, 0.3) is 5.95 Å². The lowest BCUT2D eigenvalue weighted by Gasteiger charge is -2.01. The van der Waals surface area contributed by atoms with E-state index in [-0.39, 0.29) is 0 Å². The zero-order valence-corrected chi connectivity index (χ0v) is 5.02. The van der Waals surface area contributed by atoms with Crippen LogP contribution in [0.2, 0.25) is 0 Å². The molecular weight excluding hydrogens is 104 g/mol. The molecule has 0 aliphatic carbocycles. The Bertz CT molecular complexity index is 96.7. The van der Waals surface area contributed by atoms with E-state index >= 15 is 0 Å². The minimum Gasteiger partial charge on any atom is -0.466 e. The molecule has 0 amide bonds. The van der Waals surface area contributed by atoms with Crippen molar-refractivity contribution in [2.24, 2.45) is 0 Å². The molecule has 0 fully saturated rings. The minimum absolute atomic E-state index is 0.700. The van der Waals surface area contributed by atoms with Gasteiger partial charge in [-0.1, -0.05) is 0 Å². The molecule has 0 saturated heterocycles. The van der Waals surface area contributed by atoms with Crippen molar-refractivity contribution in [3.8, 4) is 0 Å². The molecule has 0 N–H and O–H groups in total. The Hall–Kier alpha value is -0.660. The van der Waals surface area contributed by atoms with Crippen LogP contribution < -0.4 is 0 Å². The molecule has 46 valence electrons. The van der Waals surface area contributed by atoms with Gasteiger partial charge in [-0.2, -0.15) is 0 Å². The Morgan fingerprint density at radius 1 is 1.88 bits per heavy atom. The quantitative estimate of drug-likeness (QED) is 0.538. The second-order valence-electron chi connectivity index (χ2n) is 1.59. The van der Waals surface area contributed by atoms with Gasteiger partial charge in [-0.25, -0.2) is 0 Å². The predicted molar refractivity (Wildman–Crippen MR) is 30.3 cm³/mol. The van der Waals surface area contributed by atoms with E-state index in [1.165, 1.54) is 0 Å². The van der Waals surface area contributed by atoms with Crippen LogP contribution in [0.5, 0.6) is 0 Å². The van der Waals surface area contributed by atoms with Crippen molar-refractivity contribution in [3.63, 3.8) is 0 Å². The van der Waals surface area contributed by atoms with E-state index in [2.05, 4.69) is 0 Å². The van der Waals surface area contributed by atoms with E-state index < -0.39 is 0 Å². The fourth-order valence-electron chi connectivity index (χ4n) is 0.638. The molecule has 1 aliphatic heterocycles. The van der Waals surface area contributed by atoms with Crippen LogP contribution in [0.1, 0.15) is 13.3 Å². The van der Waals surface area contributed by atoms with E-state index in [0.29, 0.717) is 12.6 Å². The van der Waals surface area contributed by atoms with Gasteiger partial charge < -0.3 is 9.47 Å². The highest BCUT2D eigenvalue weighted by Crippen LogP contribution is 2.08. The lowest BCUT2D eigenvalue weighted by molar-refractivity contribution is 0.0598. The average Bonchev–Trinajstić information content (AvgIpc) is 2.19. The molecule has 2 heteroatoms. The summed E-state index contributed by atoms with van der Waals surface area (Å²) < 4.78 is 10.1. The lowest BCUT2D eigenvalue weighted by Crippen LogP contribution is -1.90. The number of hydrogen-bond acceptors (Lipinski definition) is 2. The molecule has 0 atom stereocenters. The Balaban J connectivity index is 2.23. The molecule has 0 radical (unpaired) electrons. The highest BCUT2D eigenvalue weighted by Gasteiger charge is 2.03. The van der Waals surface area contributed by atoms with Crippen molar-refractivity contribution in [2.45, 2.75) is 13.3 Å². The first-order valence-electron chi connectivity index (χ1n) is 2.89. The third-order valence-electron chi connectivity index (χ3n) is 0.960. The second-order valence-corrected chi connectivity index (χ2v) is 1.59. The second kappa shape index (κ2) is 2.60. The van der Waals surface area contributed by atoms with Gasteiger partial charge in [0.1, 0.15) is 0 Å². The fraction of sp³-hybridized carbons (Fsp3) is 0.667.